The van der Waals surface area contributed by atoms with E-state index in [-0.39, 0.29) is 17.7 Å². The number of nitrogens with one attached hydrogen (secondary N) is 1. The van der Waals surface area contributed by atoms with Gasteiger partial charge in [0, 0.05) is 49.0 Å². The molecule has 0 saturated carbocycles. The second-order valence-corrected chi connectivity index (χ2v) is 8.33. The maximum atomic E-state index is 12.5. The first-order chi connectivity index (χ1) is 13.7. The molecular formula is C20H25N5O2S. The van der Waals surface area contributed by atoms with Gasteiger partial charge in [0.05, 0.1) is 12.1 Å². The highest BCUT2D eigenvalue weighted by atomic mass is 32.1. The Kier molecular flexibility index (Phi) is 5.97. The van der Waals surface area contributed by atoms with Crippen LogP contribution in [0.3, 0.4) is 0 Å². The molecular weight excluding hydrogens is 374 g/mol. The average molecular weight is 400 g/mol. The lowest BCUT2D eigenvalue weighted by Crippen LogP contribution is -2.40. The van der Waals surface area contributed by atoms with Gasteiger partial charge in [-0.1, -0.05) is 0 Å². The molecule has 2 fully saturated rings. The van der Waals surface area contributed by atoms with Crippen molar-refractivity contribution < 1.29 is 9.59 Å². The minimum absolute atomic E-state index is 0.0323. The van der Waals surface area contributed by atoms with Crippen LogP contribution in [0, 0.1) is 0 Å². The van der Waals surface area contributed by atoms with E-state index in [0.717, 1.165) is 57.6 Å². The molecule has 2 aromatic heterocycles. The lowest BCUT2D eigenvalue weighted by Gasteiger charge is -2.31. The molecule has 2 saturated heterocycles. The highest BCUT2D eigenvalue weighted by Crippen LogP contribution is 2.26. The lowest BCUT2D eigenvalue weighted by atomic mass is 9.94. The molecule has 0 bridgehead atoms. The number of pyridine rings is 1. The van der Waals surface area contributed by atoms with Crippen molar-refractivity contribution in [2.24, 2.45) is 0 Å². The smallest absolute Gasteiger partial charge is 0.255 e. The van der Waals surface area contributed by atoms with Gasteiger partial charge in [-0.25, -0.2) is 4.98 Å². The van der Waals surface area contributed by atoms with Gasteiger partial charge in [-0.2, -0.15) is 0 Å². The highest BCUT2D eigenvalue weighted by Gasteiger charge is 2.25. The summed E-state index contributed by atoms with van der Waals surface area (Å²) in [6.07, 6.45) is 7.66. The van der Waals surface area contributed by atoms with Crippen LogP contribution in [0.25, 0.3) is 0 Å². The van der Waals surface area contributed by atoms with Gasteiger partial charge in [-0.15, -0.1) is 11.3 Å². The van der Waals surface area contributed by atoms with Gasteiger partial charge in [0.1, 0.15) is 0 Å². The Morgan fingerprint density at radius 1 is 1.14 bits per heavy atom. The van der Waals surface area contributed by atoms with Crippen molar-refractivity contribution in [1.29, 1.82) is 0 Å². The number of likely N-dealkylation sites (tertiary alicyclic amines) is 2. The minimum Gasteiger partial charge on any atom is -0.339 e. The first-order valence-electron chi connectivity index (χ1n) is 9.86. The van der Waals surface area contributed by atoms with Crippen LogP contribution in [0.1, 0.15) is 47.7 Å². The van der Waals surface area contributed by atoms with Gasteiger partial charge in [-0.3, -0.25) is 19.5 Å². The fourth-order valence-electron chi connectivity index (χ4n) is 3.96. The third-order valence-electron chi connectivity index (χ3n) is 5.40. The zero-order chi connectivity index (χ0) is 19.3. The number of nitrogens with zero attached hydrogens (tertiary/aromatic N) is 4. The van der Waals surface area contributed by atoms with E-state index in [1.165, 1.54) is 11.3 Å². The minimum atomic E-state index is -0.0323. The Morgan fingerprint density at radius 2 is 2.00 bits per heavy atom. The Hall–Kier alpha value is -2.32. The van der Waals surface area contributed by atoms with Crippen molar-refractivity contribution >= 4 is 28.3 Å². The molecule has 2 aromatic rings. The average Bonchev–Trinajstić information content (AvgIpc) is 3.42. The lowest BCUT2D eigenvalue weighted by molar-refractivity contribution is -0.117. The van der Waals surface area contributed by atoms with Crippen molar-refractivity contribution in [2.75, 3.05) is 38.0 Å². The summed E-state index contributed by atoms with van der Waals surface area (Å²) in [5, 5.41) is 5.32. The number of piperidine rings is 1. The maximum absolute atomic E-state index is 12.5. The summed E-state index contributed by atoms with van der Waals surface area (Å²) in [7, 11) is 0. The molecule has 0 spiro atoms. The van der Waals surface area contributed by atoms with Gasteiger partial charge < -0.3 is 10.2 Å². The number of hydrogen-bond acceptors (Lipinski definition) is 6. The van der Waals surface area contributed by atoms with Crippen molar-refractivity contribution in [3.8, 4) is 0 Å². The summed E-state index contributed by atoms with van der Waals surface area (Å²) >= 11 is 1.42. The zero-order valence-electron chi connectivity index (χ0n) is 15.8. The van der Waals surface area contributed by atoms with Crippen LogP contribution < -0.4 is 5.32 Å². The van der Waals surface area contributed by atoms with Crippen LogP contribution in [0.4, 0.5) is 5.13 Å². The molecule has 1 atom stereocenters. The molecule has 0 unspecified atom stereocenters. The fraction of sp³-hybridized carbons (Fsp3) is 0.500. The molecule has 2 amide bonds. The summed E-state index contributed by atoms with van der Waals surface area (Å²) in [5.41, 5.74) is 1.67. The monoisotopic (exact) mass is 399 g/mol. The number of hydrogen-bond donors (Lipinski definition) is 1. The number of thiazole rings is 1. The fourth-order valence-corrected chi connectivity index (χ4v) is 4.51. The number of carbonyl (C=O) groups is 2. The van der Waals surface area contributed by atoms with Crippen LogP contribution in [0.15, 0.2) is 29.9 Å². The second-order valence-electron chi connectivity index (χ2n) is 7.43. The normalized spacial score (nSPS) is 20.3. The van der Waals surface area contributed by atoms with Crippen molar-refractivity contribution in [2.45, 2.75) is 31.6 Å². The van der Waals surface area contributed by atoms with Crippen molar-refractivity contribution in [3.63, 3.8) is 0 Å². The van der Waals surface area contributed by atoms with Crippen molar-refractivity contribution in [1.82, 2.24) is 19.8 Å². The molecule has 0 aromatic carbocycles. The quantitative estimate of drug-likeness (QED) is 0.836. The Balaban J connectivity index is 1.33. The molecule has 4 heterocycles. The first-order valence-corrected chi connectivity index (χ1v) is 10.7. The maximum Gasteiger partial charge on any atom is 0.255 e. The Morgan fingerprint density at radius 3 is 2.71 bits per heavy atom. The molecule has 4 rings (SSSR count). The van der Waals surface area contributed by atoms with Crippen molar-refractivity contribution in [3.05, 3.63) is 41.2 Å². The number of amides is 2. The van der Waals surface area contributed by atoms with Crippen LogP contribution in [0.5, 0.6) is 0 Å². The summed E-state index contributed by atoms with van der Waals surface area (Å²) in [6.45, 7) is 3.77. The van der Waals surface area contributed by atoms with Crippen LogP contribution in [-0.4, -0.2) is 64.3 Å². The predicted molar refractivity (Wildman–Crippen MR) is 109 cm³/mol. The van der Waals surface area contributed by atoms with E-state index in [9.17, 15) is 9.59 Å². The molecule has 7 nitrogen and oxygen atoms in total. The van der Waals surface area contributed by atoms with Gasteiger partial charge in [0.2, 0.25) is 5.91 Å². The summed E-state index contributed by atoms with van der Waals surface area (Å²) < 4.78 is 0. The number of carbonyl (C=O) groups excluding carboxylic acids is 2. The Labute approximate surface area is 168 Å². The SMILES string of the molecule is O=C(CN1CCC[C@H](c2ccc(C(=O)N3CCCC3)cn2)C1)Nc1nccs1. The van der Waals surface area contributed by atoms with Crippen LogP contribution in [0.2, 0.25) is 0 Å². The van der Waals surface area contributed by atoms with E-state index >= 15 is 0 Å². The summed E-state index contributed by atoms with van der Waals surface area (Å²) in [5.74, 6) is 0.341. The van der Waals surface area contributed by atoms with E-state index in [2.05, 4.69) is 20.2 Å². The molecule has 0 radical (unpaired) electrons. The van der Waals surface area contributed by atoms with E-state index < -0.39 is 0 Å². The number of rotatable bonds is 5. The second kappa shape index (κ2) is 8.79. The molecule has 28 heavy (non-hydrogen) atoms. The number of aromatic nitrogens is 2. The van der Waals surface area contributed by atoms with Gasteiger partial charge in [-0.05, 0) is 44.4 Å². The van der Waals surface area contributed by atoms with Gasteiger partial charge in [0.15, 0.2) is 5.13 Å². The summed E-state index contributed by atoms with van der Waals surface area (Å²) in [6, 6.07) is 3.88. The van der Waals surface area contributed by atoms with Gasteiger partial charge in [0.25, 0.3) is 5.91 Å². The number of anilines is 1. The predicted octanol–water partition coefficient (Wildman–Crippen LogP) is 2.59. The van der Waals surface area contributed by atoms with Gasteiger partial charge >= 0.3 is 0 Å². The molecule has 8 heteroatoms. The van der Waals surface area contributed by atoms with Crippen LogP contribution in [-0.2, 0) is 4.79 Å². The highest BCUT2D eigenvalue weighted by molar-refractivity contribution is 7.13. The third kappa shape index (κ3) is 4.56. The molecule has 148 valence electrons. The van der Waals surface area contributed by atoms with E-state index in [0.29, 0.717) is 17.2 Å². The third-order valence-corrected chi connectivity index (χ3v) is 6.08. The van der Waals surface area contributed by atoms with E-state index in [1.54, 1.807) is 12.4 Å². The topological polar surface area (TPSA) is 78.4 Å². The molecule has 2 aliphatic rings. The first kappa shape index (κ1) is 19.0. The molecule has 0 aliphatic carbocycles. The summed E-state index contributed by atoms with van der Waals surface area (Å²) in [4.78, 5) is 37.4. The largest absolute Gasteiger partial charge is 0.339 e. The molecule has 1 N–H and O–H groups in total. The van der Waals surface area contributed by atoms with Crippen LogP contribution >= 0.6 is 11.3 Å². The van der Waals surface area contributed by atoms with E-state index in [1.807, 2.05) is 22.4 Å². The Bertz CT molecular complexity index is 803. The zero-order valence-corrected chi connectivity index (χ0v) is 16.7. The van der Waals surface area contributed by atoms with E-state index in [4.69, 9.17) is 0 Å². The molecule has 2 aliphatic heterocycles. The standard InChI is InChI=1S/C20H25N5O2S/c26-18(23-20-21-7-11-28-20)14-24-8-3-4-16(13-24)17-6-5-15(12-22-17)19(27)25-9-1-2-10-25/h5-7,11-12,16H,1-4,8-10,13-14H2,(H,21,23,26)/t16-/m0/s1.